The lowest BCUT2D eigenvalue weighted by Crippen LogP contribution is -2.38. The maximum Gasteiger partial charge on any atom is 0.263 e. The van der Waals surface area contributed by atoms with Crippen molar-refractivity contribution in [2.24, 2.45) is 0 Å². The average molecular weight is 436 g/mol. The van der Waals surface area contributed by atoms with E-state index in [-0.39, 0.29) is 17.7 Å². The van der Waals surface area contributed by atoms with Crippen molar-refractivity contribution in [2.45, 2.75) is 25.7 Å². The van der Waals surface area contributed by atoms with Gasteiger partial charge in [0.15, 0.2) is 0 Å². The topological polar surface area (TPSA) is 71.5 Å². The summed E-state index contributed by atoms with van der Waals surface area (Å²) in [6.45, 7) is 3.25. The number of pyridine rings is 1. The Labute approximate surface area is 185 Å². The van der Waals surface area contributed by atoms with E-state index in [9.17, 15) is 9.59 Å². The van der Waals surface area contributed by atoms with E-state index in [0.29, 0.717) is 30.1 Å². The normalized spacial score (nSPS) is 14.3. The number of nitrogens with zero attached hydrogens (tertiary/aromatic N) is 2. The number of benzene rings is 1. The minimum atomic E-state index is -0.187. The molecular weight excluding hydrogens is 410 g/mol. The first-order valence-corrected chi connectivity index (χ1v) is 11.2. The van der Waals surface area contributed by atoms with Crippen molar-refractivity contribution in [2.75, 3.05) is 25.5 Å². The molecule has 0 atom stereocenters. The van der Waals surface area contributed by atoms with Crippen LogP contribution in [-0.2, 0) is 0 Å². The first-order valence-electron chi connectivity index (χ1n) is 10.3. The number of thiophene rings is 1. The van der Waals surface area contributed by atoms with Gasteiger partial charge in [-0.1, -0.05) is 12.1 Å². The Morgan fingerprint density at radius 1 is 1.13 bits per heavy atom. The number of hydrogen-bond acceptors (Lipinski definition) is 5. The van der Waals surface area contributed by atoms with Crippen LogP contribution < -0.4 is 10.1 Å². The Morgan fingerprint density at radius 2 is 1.94 bits per heavy atom. The number of aromatic nitrogens is 1. The average Bonchev–Trinajstić information content (AvgIpc) is 3.33. The Bertz CT molecular complexity index is 1070. The fraction of sp³-hybridized carbons (Fsp3) is 0.292. The van der Waals surface area contributed by atoms with Gasteiger partial charge in [-0.25, -0.2) is 0 Å². The number of anilines is 1. The number of likely N-dealkylation sites (tertiary alicyclic amines) is 1. The fourth-order valence-electron chi connectivity index (χ4n) is 3.89. The largest absolute Gasteiger partial charge is 0.497 e. The summed E-state index contributed by atoms with van der Waals surface area (Å²) in [5, 5.41) is 4.88. The number of carbonyl (C=O) groups is 2. The van der Waals surface area contributed by atoms with Gasteiger partial charge in [0.2, 0.25) is 0 Å². The van der Waals surface area contributed by atoms with Gasteiger partial charge in [-0.2, -0.15) is 0 Å². The highest BCUT2D eigenvalue weighted by Crippen LogP contribution is 2.31. The van der Waals surface area contributed by atoms with E-state index in [2.05, 4.69) is 5.32 Å². The van der Waals surface area contributed by atoms with Crippen LogP contribution in [0, 0.1) is 6.92 Å². The summed E-state index contributed by atoms with van der Waals surface area (Å²) in [7, 11) is 1.60. The summed E-state index contributed by atoms with van der Waals surface area (Å²) in [5.41, 5.74) is 2.94. The maximum atomic E-state index is 13.1. The lowest BCUT2D eigenvalue weighted by molar-refractivity contribution is 0.0716. The monoisotopic (exact) mass is 435 g/mol. The highest BCUT2D eigenvalue weighted by molar-refractivity contribution is 7.12. The van der Waals surface area contributed by atoms with Crippen LogP contribution in [0.1, 0.15) is 50.2 Å². The predicted octanol–water partition coefficient (Wildman–Crippen LogP) is 4.73. The molecule has 3 aromatic rings. The van der Waals surface area contributed by atoms with Gasteiger partial charge in [0.05, 0.1) is 23.2 Å². The van der Waals surface area contributed by atoms with Crippen LogP contribution >= 0.6 is 11.3 Å². The Morgan fingerprint density at radius 3 is 2.65 bits per heavy atom. The van der Waals surface area contributed by atoms with Crippen molar-refractivity contribution in [1.29, 1.82) is 0 Å². The van der Waals surface area contributed by atoms with Gasteiger partial charge in [0, 0.05) is 36.5 Å². The standard InChI is InChI=1S/C24H25N3O3S/c1-16-8-9-20(23(28)26-18-5-3-6-19(15-18)30-2)22(25-16)17-10-12-27(13-11-17)24(29)21-7-4-14-31-21/h3-9,14-15,17H,10-13H2,1-2H3,(H,26,28). The minimum Gasteiger partial charge on any atom is -0.497 e. The van der Waals surface area contributed by atoms with Gasteiger partial charge >= 0.3 is 0 Å². The third-order valence-corrected chi connectivity index (χ3v) is 6.39. The molecule has 1 N–H and O–H groups in total. The van der Waals surface area contributed by atoms with Gasteiger partial charge in [0.1, 0.15) is 5.75 Å². The molecule has 1 aliphatic heterocycles. The van der Waals surface area contributed by atoms with Crippen LogP contribution in [-0.4, -0.2) is 41.9 Å². The molecular formula is C24H25N3O3S. The van der Waals surface area contributed by atoms with Gasteiger partial charge in [-0.15, -0.1) is 11.3 Å². The number of methoxy groups -OCH3 is 1. The molecule has 1 aromatic carbocycles. The lowest BCUT2D eigenvalue weighted by Gasteiger charge is -2.32. The van der Waals surface area contributed by atoms with Gasteiger partial charge in [-0.3, -0.25) is 14.6 Å². The van der Waals surface area contributed by atoms with Crippen LogP contribution in [0.5, 0.6) is 5.75 Å². The van der Waals surface area contributed by atoms with Crippen molar-refractivity contribution in [3.05, 3.63) is 75.7 Å². The Hall–Kier alpha value is -3.19. The van der Waals surface area contributed by atoms with Crippen LogP contribution in [0.4, 0.5) is 5.69 Å². The third-order valence-electron chi connectivity index (χ3n) is 5.54. The van der Waals surface area contributed by atoms with E-state index in [1.807, 2.05) is 59.7 Å². The van der Waals surface area contributed by atoms with Crippen molar-refractivity contribution in [1.82, 2.24) is 9.88 Å². The molecule has 0 radical (unpaired) electrons. The highest BCUT2D eigenvalue weighted by Gasteiger charge is 2.28. The maximum absolute atomic E-state index is 13.1. The van der Waals surface area contributed by atoms with Crippen LogP contribution in [0.25, 0.3) is 0 Å². The van der Waals surface area contributed by atoms with E-state index in [4.69, 9.17) is 9.72 Å². The summed E-state index contributed by atoms with van der Waals surface area (Å²) in [6.07, 6.45) is 1.57. The Kier molecular flexibility index (Phi) is 6.32. The van der Waals surface area contributed by atoms with E-state index >= 15 is 0 Å². The second-order valence-electron chi connectivity index (χ2n) is 7.62. The summed E-state index contributed by atoms with van der Waals surface area (Å²) in [5.74, 6) is 0.718. The fourth-order valence-corrected chi connectivity index (χ4v) is 4.58. The lowest BCUT2D eigenvalue weighted by atomic mass is 9.89. The van der Waals surface area contributed by atoms with Gasteiger partial charge < -0.3 is 15.0 Å². The van der Waals surface area contributed by atoms with E-state index < -0.39 is 0 Å². The molecule has 160 valence electrons. The van der Waals surface area contributed by atoms with Crippen LogP contribution in [0.2, 0.25) is 0 Å². The molecule has 1 aliphatic rings. The van der Waals surface area contributed by atoms with Crippen molar-refractivity contribution >= 4 is 28.8 Å². The molecule has 3 heterocycles. The molecule has 0 spiro atoms. The van der Waals surface area contributed by atoms with E-state index in [0.717, 1.165) is 29.1 Å². The molecule has 6 nitrogen and oxygen atoms in total. The summed E-state index contributed by atoms with van der Waals surface area (Å²) >= 11 is 1.47. The summed E-state index contributed by atoms with van der Waals surface area (Å²) in [4.78, 5) is 33.1. The number of rotatable bonds is 5. The molecule has 31 heavy (non-hydrogen) atoms. The quantitative estimate of drug-likeness (QED) is 0.629. The summed E-state index contributed by atoms with van der Waals surface area (Å²) in [6, 6.07) is 14.7. The SMILES string of the molecule is COc1cccc(NC(=O)c2ccc(C)nc2C2CCN(C(=O)c3cccs3)CC2)c1. The second-order valence-corrected chi connectivity index (χ2v) is 8.56. The van der Waals surface area contributed by atoms with Crippen molar-refractivity contribution < 1.29 is 14.3 Å². The molecule has 1 fully saturated rings. The summed E-state index contributed by atoms with van der Waals surface area (Å²) < 4.78 is 5.24. The zero-order valence-electron chi connectivity index (χ0n) is 17.6. The van der Waals surface area contributed by atoms with Crippen LogP contribution in [0.15, 0.2) is 53.9 Å². The molecule has 0 aliphatic carbocycles. The first kappa shape index (κ1) is 21.1. The first-order chi connectivity index (χ1) is 15.0. The molecule has 0 unspecified atom stereocenters. The third kappa shape index (κ3) is 4.77. The molecule has 4 rings (SSSR count). The Balaban J connectivity index is 1.49. The number of hydrogen-bond donors (Lipinski definition) is 1. The molecule has 2 aromatic heterocycles. The molecule has 1 saturated heterocycles. The highest BCUT2D eigenvalue weighted by atomic mass is 32.1. The molecule has 0 bridgehead atoms. The van der Waals surface area contributed by atoms with Gasteiger partial charge in [-0.05, 0) is 55.5 Å². The zero-order chi connectivity index (χ0) is 21.8. The number of nitrogens with one attached hydrogen (secondary N) is 1. The van der Waals surface area contributed by atoms with Gasteiger partial charge in [0.25, 0.3) is 11.8 Å². The van der Waals surface area contributed by atoms with E-state index in [1.165, 1.54) is 11.3 Å². The smallest absolute Gasteiger partial charge is 0.263 e. The molecule has 7 heteroatoms. The molecule has 2 amide bonds. The van der Waals surface area contributed by atoms with Crippen molar-refractivity contribution in [3.63, 3.8) is 0 Å². The number of aryl methyl sites for hydroxylation is 1. The zero-order valence-corrected chi connectivity index (χ0v) is 18.4. The second kappa shape index (κ2) is 9.31. The molecule has 0 saturated carbocycles. The number of amides is 2. The number of piperidine rings is 1. The van der Waals surface area contributed by atoms with Crippen molar-refractivity contribution in [3.8, 4) is 5.75 Å². The minimum absolute atomic E-state index is 0.0849. The number of carbonyl (C=O) groups excluding carboxylic acids is 2. The van der Waals surface area contributed by atoms with Crippen LogP contribution in [0.3, 0.4) is 0 Å². The predicted molar refractivity (Wildman–Crippen MR) is 122 cm³/mol. The number of ether oxygens (including phenoxy) is 1. The van der Waals surface area contributed by atoms with E-state index in [1.54, 1.807) is 13.2 Å².